The summed E-state index contributed by atoms with van der Waals surface area (Å²) >= 11 is 7.42. The van der Waals surface area contributed by atoms with Crippen molar-refractivity contribution in [3.8, 4) is 22.9 Å². The van der Waals surface area contributed by atoms with E-state index in [0.29, 0.717) is 33.2 Å². The number of ether oxygens (including phenoxy) is 3. The molecule has 8 nitrogen and oxygen atoms in total. The van der Waals surface area contributed by atoms with Gasteiger partial charge in [-0.1, -0.05) is 41.6 Å². The van der Waals surface area contributed by atoms with Crippen molar-refractivity contribution in [2.24, 2.45) is 0 Å². The molecule has 10 heteroatoms. The topological polar surface area (TPSA) is 87.5 Å². The van der Waals surface area contributed by atoms with E-state index in [1.54, 1.807) is 25.3 Å². The molecule has 180 valence electrons. The van der Waals surface area contributed by atoms with Crippen molar-refractivity contribution in [3.63, 3.8) is 0 Å². The second-order valence-corrected chi connectivity index (χ2v) is 8.57. The van der Waals surface area contributed by atoms with E-state index in [1.807, 2.05) is 59.2 Å². The average molecular weight is 511 g/mol. The molecule has 0 radical (unpaired) electrons. The van der Waals surface area contributed by atoms with Crippen LogP contribution in [0, 0.1) is 0 Å². The summed E-state index contributed by atoms with van der Waals surface area (Å²) in [6.45, 7) is 0.200. The molecule has 0 aliphatic heterocycles. The third-order valence-corrected chi connectivity index (χ3v) is 6.13. The summed E-state index contributed by atoms with van der Waals surface area (Å²) < 4.78 is 18.1. The number of aromatic nitrogens is 3. The van der Waals surface area contributed by atoms with Crippen LogP contribution in [0.25, 0.3) is 5.69 Å². The Kier molecular flexibility index (Phi) is 8.12. The van der Waals surface area contributed by atoms with Crippen molar-refractivity contribution >= 4 is 35.0 Å². The molecule has 0 saturated carbocycles. The zero-order chi connectivity index (χ0) is 24.6. The fourth-order valence-electron chi connectivity index (χ4n) is 3.21. The van der Waals surface area contributed by atoms with E-state index >= 15 is 0 Å². The lowest BCUT2D eigenvalue weighted by Crippen LogP contribution is -2.15. The summed E-state index contributed by atoms with van der Waals surface area (Å²) in [5, 5.41) is 12.4. The molecular weight excluding hydrogens is 488 g/mol. The Morgan fingerprint density at radius 3 is 2.40 bits per heavy atom. The van der Waals surface area contributed by atoms with Gasteiger partial charge in [0, 0.05) is 11.4 Å². The molecule has 4 aromatic rings. The number of benzene rings is 3. The first-order valence-electron chi connectivity index (χ1n) is 10.6. The molecule has 0 aliphatic carbocycles. The van der Waals surface area contributed by atoms with Crippen molar-refractivity contribution in [2.45, 2.75) is 11.8 Å². The summed E-state index contributed by atoms with van der Waals surface area (Å²) in [5.41, 5.74) is 1.45. The van der Waals surface area contributed by atoms with Gasteiger partial charge in [-0.3, -0.25) is 9.36 Å². The zero-order valence-corrected chi connectivity index (χ0v) is 20.7. The van der Waals surface area contributed by atoms with Gasteiger partial charge in [-0.05, 0) is 54.6 Å². The maximum Gasteiger partial charge on any atom is 0.234 e. The first-order chi connectivity index (χ1) is 17.1. The molecule has 0 spiro atoms. The first kappa shape index (κ1) is 24.4. The highest BCUT2D eigenvalue weighted by Crippen LogP contribution is 2.28. The van der Waals surface area contributed by atoms with Crippen molar-refractivity contribution in [2.75, 3.05) is 25.3 Å². The van der Waals surface area contributed by atoms with Gasteiger partial charge in [0.15, 0.2) is 11.0 Å². The van der Waals surface area contributed by atoms with Gasteiger partial charge in [0.2, 0.25) is 5.91 Å². The number of halogens is 1. The van der Waals surface area contributed by atoms with Gasteiger partial charge in [-0.25, -0.2) is 0 Å². The second kappa shape index (κ2) is 11.6. The van der Waals surface area contributed by atoms with Crippen LogP contribution in [-0.2, 0) is 11.4 Å². The fourth-order valence-corrected chi connectivity index (χ4v) is 4.24. The SMILES string of the molecule is COc1ccc(OCc2nnc(SCC(=O)Nc3ccc(OC)c(Cl)c3)n2-c2ccccc2)cc1. The lowest BCUT2D eigenvalue weighted by atomic mass is 10.3. The molecule has 0 unspecified atom stereocenters. The average Bonchev–Trinajstić information content (AvgIpc) is 3.30. The highest BCUT2D eigenvalue weighted by atomic mass is 35.5. The lowest BCUT2D eigenvalue weighted by molar-refractivity contribution is -0.113. The van der Waals surface area contributed by atoms with Crippen LogP contribution in [0.3, 0.4) is 0 Å². The number of carbonyl (C=O) groups excluding carboxylic acids is 1. The minimum atomic E-state index is -0.199. The van der Waals surface area contributed by atoms with Crippen molar-refractivity contribution in [1.29, 1.82) is 0 Å². The number of hydrogen-bond donors (Lipinski definition) is 1. The van der Waals surface area contributed by atoms with Crippen LogP contribution in [-0.4, -0.2) is 40.6 Å². The highest BCUT2D eigenvalue weighted by Gasteiger charge is 2.17. The second-order valence-electron chi connectivity index (χ2n) is 7.22. The number of carbonyl (C=O) groups is 1. The van der Waals surface area contributed by atoms with E-state index in [4.69, 9.17) is 25.8 Å². The Morgan fingerprint density at radius 1 is 0.971 bits per heavy atom. The van der Waals surface area contributed by atoms with Gasteiger partial charge in [0.1, 0.15) is 23.9 Å². The number of nitrogens with one attached hydrogen (secondary N) is 1. The molecule has 4 rings (SSSR count). The van der Waals surface area contributed by atoms with Crippen molar-refractivity contribution in [3.05, 3.63) is 83.6 Å². The molecule has 3 aromatic carbocycles. The number of thioether (sulfide) groups is 1. The van der Waals surface area contributed by atoms with Gasteiger partial charge in [0.05, 0.1) is 25.0 Å². The quantitative estimate of drug-likeness (QED) is 0.291. The highest BCUT2D eigenvalue weighted by molar-refractivity contribution is 7.99. The van der Waals surface area contributed by atoms with Crippen LogP contribution < -0.4 is 19.5 Å². The summed E-state index contributed by atoms with van der Waals surface area (Å²) in [4.78, 5) is 12.6. The lowest BCUT2D eigenvalue weighted by Gasteiger charge is -2.12. The van der Waals surface area contributed by atoms with Gasteiger partial charge in [0.25, 0.3) is 0 Å². The number of anilines is 1. The van der Waals surface area contributed by atoms with Gasteiger partial charge in [-0.15, -0.1) is 10.2 Å². The van der Waals surface area contributed by atoms with Gasteiger partial charge in [-0.2, -0.15) is 0 Å². The van der Waals surface area contributed by atoms with Crippen LogP contribution in [0.5, 0.6) is 17.2 Å². The van der Waals surface area contributed by atoms with E-state index in [1.165, 1.54) is 18.9 Å². The van der Waals surface area contributed by atoms with Crippen LogP contribution in [0.2, 0.25) is 5.02 Å². The molecule has 1 amide bonds. The number of hydrogen-bond acceptors (Lipinski definition) is 7. The molecule has 0 bridgehead atoms. The predicted octanol–water partition coefficient (Wildman–Crippen LogP) is 5.25. The number of para-hydroxylation sites is 1. The monoisotopic (exact) mass is 510 g/mol. The Labute approximate surface area is 212 Å². The number of nitrogens with zero attached hydrogens (tertiary/aromatic N) is 3. The normalized spacial score (nSPS) is 10.6. The molecule has 0 atom stereocenters. The maximum atomic E-state index is 12.6. The van der Waals surface area contributed by atoms with Crippen LogP contribution in [0.15, 0.2) is 78.0 Å². The minimum absolute atomic E-state index is 0.133. The van der Waals surface area contributed by atoms with Gasteiger partial charge >= 0.3 is 0 Å². The molecule has 1 heterocycles. The fraction of sp³-hybridized carbons (Fsp3) is 0.160. The van der Waals surface area contributed by atoms with E-state index < -0.39 is 0 Å². The number of amides is 1. The molecule has 35 heavy (non-hydrogen) atoms. The predicted molar refractivity (Wildman–Crippen MR) is 136 cm³/mol. The third-order valence-electron chi connectivity index (χ3n) is 4.91. The van der Waals surface area contributed by atoms with Crippen LogP contribution in [0.4, 0.5) is 5.69 Å². The Bertz CT molecular complexity index is 1280. The van der Waals surface area contributed by atoms with Crippen LogP contribution in [0.1, 0.15) is 5.82 Å². The standard InChI is InChI=1S/C25H23ClN4O4S/c1-32-19-9-11-20(12-10-19)34-15-23-28-29-25(30(23)18-6-4-3-5-7-18)35-16-24(31)27-17-8-13-22(33-2)21(26)14-17/h3-14H,15-16H2,1-2H3,(H,27,31). The van der Waals surface area contributed by atoms with Crippen LogP contribution >= 0.6 is 23.4 Å². The van der Waals surface area contributed by atoms with E-state index in [0.717, 1.165) is 11.4 Å². The van der Waals surface area contributed by atoms with Gasteiger partial charge < -0.3 is 19.5 Å². The largest absolute Gasteiger partial charge is 0.497 e. The smallest absolute Gasteiger partial charge is 0.234 e. The molecule has 0 fully saturated rings. The van der Waals surface area contributed by atoms with E-state index in [9.17, 15) is 4.79 Å². The Hall–Kier alpha value is -3.69. The molecule has 1 aromatic heterocycles. The van der Waals surface area contributed by atoms with Crippen molar-refractivity contribution in [1.82, 2.24) is 14.8 Å². The third kappa shape index (κ3) is 6.26. The van der Waals surface area contributed by atoms with Crippen molar-refractivity contribution < 1.29 is 19.0 Å². The maximum absolute atomic E-state index is 12.6. The zero-order valence-electron chi connectivity index (χ0n) is 19.1. The summed E-state index contributed by atoms with van der Waals surface area (Å²) in [5.74, 6) is 2.51. The number of methoxy groups -OCH3 is 2. The van der Waals surface area contributed by atoms with E-state index in [-0.39, 0.29) is 18.3 Å². The Morgan fingerprint density at radius 2 is 1.71 bits per heavy atom. The summed E-state index contributed by atoms with van der Waals surface area (Å²) in [6.07, 6.45) is 0. The minimum Gasteiger partial charge on any atom is -0.497 e. The molecule has 1 N–H and O–H groups in total. The van der Waals surface area contributed by atoms with E-state index in [2.05, 4.69) is 15.5 Å². The summed E-state index contributed by atoms with van der Waals surface area (Å²) in [7, 11) is 3.15. The summed E-state index contributed by atoms with van der Waals surface area (Å²) in [6, 6.07) is 22.1. The Balaban J connectivity index is 1.46. The first-order valence-corrected chi connectivity index (χ1v) is 12.0. The molecule has 0 aliphatic rings. The molecular formula is C25H23ClN4O4S. The number of rotatable bonds is 10. The molecule has 0 saturated heterocycles.